The highest BCUT2D eigenvalue weighted by Gasteiger charge is 2.42. The molecule has 4 aromatic rings. The Bertz CT molecular complexity index is 1360. The number of aryl methyl sites for hydroxylation is 1. The molecule has 2 aromatic carbocycles. The number of nitrogens with zero attached hydrogens (tertiary/aromatic N) is 3. The lowest BCUT2D eigenvalue weighted by molar-refractivity contribution is 0.415. The van der Waals surface area contributed by atoms with Crippen molar-refractivity contribution in [3.63, 3.8) is 0 Å². The molecule has 1 fully saturated rings. The van der Waals surface area contributed by atoms with E-state index in [0.717, 1.165) is 33.3 Å². The summed E-state index contributed by atoms with van der Waals surface area (Å²) in [6.07, 6.45) is 3.85. The molecular weight excluding hydrogens is 487 g/mol. The van der Waals surface area contributed by atoms with E-state index in [1.54, 1.807) is 13.3 Å². The summed E-state index contributed by atoms with van der Waals surface area (Å²) in [6, 6.07) is 21.4. The summed E-state index contributed by atoms with van der Waals surface area (Å²) in [4.78, 5) is 6.73. The molecule has 1 saturated heterocycles. The van der Waals surface area contributed by atoms with E-state index in [1.807, 2.05) is 67.7 Å². The van der Waals surface area contributed by atoms with Crippen molar-refractivity contribution in [1.29, 1.82) is 0 Å². The smallest absolute Gasteiger partial charge is 0.174 e. The zero-order valence-electron chi connectivity index (χ0n) is 18.6. The van der Waals surface area contributed by atoms with Gasteiger partial charge < -0.3 is 19.5 Å². The monoisotopic (exact) mass is 508 g/mol. The van der Waals surface area contributed by atoms with Crippen molar-refractivity contribution in [3.8, 4) is 11.4 Å². The first-order valence-electron chi connectivity index (χ1n) is 10.8. The number of aromatic nitrogens is 2. The van der Waals surface area contributed by atoms with Gasteiger partial charge in [-0.1, -0.05) is 29.3 Å². The minimum absolute atomic E-state index is 0.170. The van der Waals surface area contributed by atoms with Crippen LogP contribution >= 0.6 is 35.4 Å². The number of rotatable bonds is 5. The summed E-state index contributed by atoms with van der Waals surface area (Å²) in [6.45, 7) is 2.00. The highest BCUT2D eigenvalue weighted by Crippen LogP contribution is 2.43. The van der Waals surface area contributed by atoms with E-state index in [0.29, 0.717) is 15.9 Å². The molecule has 0 saturated carbocycles. The lowest BCUT2D eigenvalue weighted by Crippen LogP contribution is -2.30. The van der Waals surface area contributed by atoms with Crippen LogP contribution in [0, 0.1) is 6.92 Å². The van der Waals surface area contributed by atoms with Crippen molar-refractivity contribution in [2.75, 3.05) is 12.0 Å². The predicted octanol–water partition coefficient (Wildman–Crippen LogP) is 6.67. The normalized spacial score (nSPS) is 17.6. The lowest BCUT2D eigenvalue weighted by atomic mass is 10.0. The molecule has 2 unspecified atom stereocenters. The van der Waals surface area contributed by atoms with Crippen LogP contribution in [0.3, 0.4) is 0 Å². The Morgan fingerprint density at radius 2 is 1.79 bits per heavy atom. The number of thiocarbonyl (C=S) groups is 1. The Kier molecular flexibility index (Phi) is 6.21. The van der Waals surface area contributed by atoms with Gasteiger partial charge in [-0.05, 0) is 85.4 Å². The molecule has 3 heterocycles. The maximum Gasteiger partial charge on any atom is 0.174 e. The van der Waals surface area contributed by atoms with E-state index in [-0.39, 0.29) is 12.1 Å². The summed E-state index contributed by atoms with van der Waals surface area (Å²) in [5, 5.41) is 5.35. The van der Waals surface area contributed by atoms with Crippen molar-refractivity contribution >= 4 is 46.2 Å². The first-order chi connectivity index (χ1) is 16.5. The first kappa shape index (κ1) is 22.7. The molecule has 1 aliphatic rings. The van der Waals surface area contributed by atoms with E-state index >= 15 is 0 Å². The number of halogens is 2. The van der Waals surface area contributed by atoms with Crippen LogP contribution in [0.2, 0.25) is 10.0 Å². The van der Waals surface area contributed by atoms with Gasteiger partial charge in [0.25, 0.3) is 0 Å². The second kappa shape index (κ2) is 9.29. The zero-order valence-corrected chi connectivity index (χ0v) is 20.9. The molecular formula is C26H22Cl2N4OS. The van der Waals surface area contributed by atoms with Crippen molar-refractivity contribution in [2.45, 2.75) is 19.0 Å². The zero-order chi connectivity index (χ0) is 23.8. The van der Waals surface area contributed by atoms with Gasteiger partial charge in [0.05, 0.1) is 23.9 Å². The van der Waals surface area contributed by atoms with Crippen molar-refractivity contribution < 1.29 is 4.74 Å². The van der Waals surface area contributed by atoms with E-state index < -0.39 is 0 Å². The quantitative estimate of drug-likeness (QED) is 0.304. The maximum atomic E-state index is 6.50. The Labute approximate surface area is 213 Å². The summed E-state index contributed by atoms with van der Waals surface area (Å²) in [5.41, 5.74) is 4.85. The minimum atomic E-state index is -0.183. The fourth-order valence-corrected chi connectivity index (χ4v) is 5.10. The van der Waals surface area contributed by atoms with E-state index in [2.05, 4.69) is 31.9 Å². The van der Waals surface area contributed by atoms with E-state index in [1.165, 1.54) is 0 Å². The number of anilines is 1. The summed E-state index contributed by atoms with van der Waals surface area (Å²) in [5.74, 6) is 0.612. The number of nitrogens with one attached hydrogen (secondary N) is 1. The molecule has 172 valence electrons. The number of pyridine rings is 1. The number of methoxy groups -OCH3 is 1. The number of hydrogen-bond acceptors (Lipinski definition) is 3. The summed E-state index contributed by atoms with van der Waals surface area (Å²) < 4.78 is 7.52. The largest absolute Gasteiger partial charge is 0.495 e. The molecule has 5 rings (SSSR count). The standard InChI is InChI=1S/C26H22Cl2N4OS/c1-16-14-17(8-10-19(16)27)31-13-5-7-22(31)25-24(21-6-3-4-12-29-21)30-26(34)32(25)18-9-11-23(33-2)20(28)15-18/h3-15,24-25H,1-2H3,(H,30,34). The third kappa shape index (κ3) is 4.02. The van der Waals surface area contributed by atoms with Gasteiger partial charge in [0.15, 0.2) is 5.11 Å². The Balaban J connectivity index is 1.67. The molecule has 0 aliphatic carbocycles. The van der Waals surface area contributed by atoms with Gasteiger partial charge in [0.2, 0.25) is 0 Å². The van der Waals surface area contributed by atoms with Crippen molar-refractivity contribution in [1.82, 2.24) is 14.9 Å². The highest BCUT2D eigenvalue weighted by atomic mass is 35.5. The van der Waals surface area contributed by atoms with Crippen LogP contribution in [0.5, 0.6) is 5.75 Å². The van der Waals surface area contributed by atoms with Crippen LogP contribution in [0.1, 0.15) is 29.0 Å². The van der Waals surface area contributed by atoms with Crippen LogP contribution < -0.4 is 15.0 Å². The fraction of sp³-hybridized carbons (Fsp3) is 0.154. The maximum absolute atomic E-state index is 6.50. The second-order valence-electron chi connectivity index (χ2n) is 8.05. The van der Waals surface area contributed by atoms with Gasteiger partial charge in [0, 0.05) is 34.5 Å². The van der Waals surface area contributed by atoms with Gasteiger partial charge >= 0.3 is 0 Å². The van der Waals surface area contributed by atoms with Crippen molar-refractivity contribution in [2.24, 2.45) is 0 Å². The molecule has 1 aliphatic heterocycles. The van der Waals surface area contributed by atoms with E-state index in [9.17, 15) is 0 Å². The average Bonchev–Trinajstić information content (AvgIpc) is 3.45. The molecule has 8 heteroatoms. The Morgan fingerprint density at radius 1 is 0.971 bits per heavy atom. The fourth-order valence-electron chi connectivity index (χ4n) is 4.39. The number of hydrogen-bond donors (Lipinski definition) is 1. The third-order valence-electron chi connectivity index (χ3n) is 6.01. The second-order valence-corrected chi connectivity index (χ2v) is 9.25. The number of benzene rings is 2. The van der Waals surface area contributed by atoms with Crippen LogP contribution in [0.25, 0.3) is 5.69 Å². The molecule has 2 atom stereocenters. The minimum Gasteiger partial charge on any atom is -0.495 e. The molecule has 34 heavy (non-hydrogen) atoms. The van der Waals surface area contributed by atoms with E-state index in [4.69, 9.17) is 40.2 Å². The highest BCUT2D eigenvalue weighted by molar-refractivity contribution is 7.80. The average molecular weight is 509 g/mol. The summed E-state index contributed by atoms with van der Waals surface area (Å²) in [7, 11) is 1.60. The topological polar surface area (TPSA) is 42.3 Å². The predicted molar refractivity (Wildman–Crippen MR) is 141 cm³/mol. The van der Waals surface area contributed by atoms with Gasteiger partial charge in [-0.15, -0.1) is 0 Å². The van der Waals surface area contributed by atoms with Crippen LogP contribution in [0.15, 0.2) is 79.1 Å². The molecule has 5 nitrogen and oxygen atoms in total. The lowest BCUT2D eigenvalue weighted by Gasteiger charge is -2.29. The van der Waals surface area contributed by atoms with Gasteiger partial charge in [-0.25, -0.2) is 0 Å². The molecule has 0 spiro atoms. The van der Waals surface area contributed by atoms with Gasteiger partial charge in [0.1, 0.15) is 11.8 Å². The number of ether oxygens (including phenoxy) is 1. The SMILES string of the molecule is COc1ccc(N2C(=S)NC(c3ccccn3)C2c2cccn2-c2ccc(Cl)c(C)c2)cc1Cl. The van der Waals surface area contributed by atoms with Crippen molar-refractivity contribution in [3.05, 3.63) is 106 Å². The summed E-state index contributed by atoms with van der Waals surface area (Å²) >= 11 is 18.6. The molecule has 1 N–H and O–H groups in total. The Hall–Kier alpha value is -3.06. The van der Waals surface area contributed by atoms with Gasteiger partial charge in [-0.2, -0.15) is 0 Å². The molecule has 0 radical (unpaired) electrons. The van der Waals surface area contributed by atoms with Gasteiger partial charge in [-0.3, -0.25) is 4.98 Å². The molecule has 2 aromatic heterocycles. The third-order valence-corrected chi connectivity index (χ3v) is 7.05. The van der Waals surface area contributed by atoms with Crippen LogP contribution in [-0.2, 0) is 0 Å². The first-order valence-corrected chi connectivity index (χ1v) is 11.9. The van der Waals surface area contributed by atoms with Crippen LogP contribution in [-0.4, -0.2) is 21.8 Å². The Morgan fingerprint density at radius 3 is 2.50 bits per heavy atom. The molecule has 0 bridgehead atoms. The van der Waals surface area contributed by atoms with Crippen LogP contribution in [0.4, 0.5) is 5.69 Å². The molecule has 0 amide bonds.